The van der Waals surface area contributed by atoms with E-state index in [1.54, 1.807) is 0 Å². The third-order valence-electron chi connectivity index (χ3n) is 8.37. The van der Waals surface area contributed by atoms with Crippen molar-refractivity contribution in [3.8, 4) is 28.7 Å². The largest absolute Gasteiger partial charge is 0.277 e. The van der Waals surface area contributed by atoms with Crippen molar-refractivity contribution in [2.75, 3.05) is 0 Å². The van der Waals surface area contributed by atoms with Crippen LogP contribution >= 0.6 is 11.8 Å². The van der Waals surface area contributed by atoms with Gasteiger partial charge in [0.1, 0.15) is 0 Å². The molecular formula is C37H24N4S. The van der Waals surface area contributed by atoms with E-state index in [2.05, 4.69) is 102 Å². The molecule has 3 heterocycles. The minimum Gasteiger partial charge on any atom is -0.277 e. The number of aromatic nitrogens is 4. The molecule has 0 bridgehead atoms. The summed E-state index contributed by atoms with van der Waals surface area (Å²) in [6, 6.07) is 37.9. The summed E-state index contributed by atoms with van der Waals surface area (Å²) in [7, 11) is 0. The molecule has 2 atom stereocenters. The molecule has 9 rings (SSSR count). The molecule has 5 heteroatoms. The highest BCUT2D eigenvalue weighted by Crippen LogP contribution is 2.55. The molecule has 1 aliphatic heterocycles. The minimum absolute atomic E-state index is 0.319. The summed E-state index contributed by atoms with van der Waals surface area (Å²) in [5, 5.41) is 5.41. The number of allylic oxidation sites excluding steroid dienone is 3. The van der Waals surface area contributed by atoms with E-state index in [1.807, 2.05) is 48.2 Å². The van der Waals surface area contributed by atoms with Gasteiger partial charge in [0.2, 0.25) is 5.95 Å². The van der Waals surface area contributed by atoms with Crippen molar-refractivity contribution in [2.45, 2.75) is 16.1 Å². The van der Waals surface area contributed by atoms with Crippen LogP contribution in [-0.4, -0.2) is 24.8 Å². The van der Waals surface area contributed by atoms with Gasteiger partial charge in [-0.15, -0.1) is 11.8 Å². The van der Waals surface area contributed by atoms with Crippen LogP contribution in [-0.2, 0) is 0 Å². The van der Waals surface area contributed by atoms with Crippen molar-refractivity contribution in [2.24, 2.45) is 0 Å². The molecule has 1 aliphatic carbocycles. The lowest BCUT2D eigenvalue weighted by molar-refractivity contribution is 0.892. The average molecular weight is 557 g/mol. The van der Waals surface area contributed by atoms with E-state index in [4.69, 9.17) is 15.0 Å². The molecule has 2 aromatic heterocycles. The van der Waals surface area contributed by atoms with Crippen LogP contribution in [0.2, 0.25) is 0 Å². The Labute approximate surface area is 247 Å². The van der Waals surface area contributed by atoms with Gasteiger partial charge in [0.25, 0.3) is 0 Å². The van der Waals surface area contributed by atoms with Crippen LogP contribution in [0.15, 0.2) is 138 Å². The highest BCUT2D eigenvalue weighted by Gasteiger charge is 2.36. The lowest BCUT2D eigenvalue weighted by atomic mass is 9.87. The lowest BCUT2D eigenvalue weighted by Gasteiger charge is -2.16. The van der Waals surface area contributed by atoms with E-state index in [1.165, 1.54) is 32.0 Å². The third kappa shape index (κ3) is 3.47. The normalized spacial score (nSPS) is 17.2. The van der Waals surface area contributed by atoms with Crippen molar-refractivity contribution in [1.29, 1.82) is 0 Å². The standard InChI is InChI=1S/C37H24N4S/c1-3-13-23(14-4-1)35-38-36(24-15-5-2-6-16-24)40-37(39-35)41-29-21-11-9-19-27(29)31-32-28-20-10-12-22-30(28)42-34(32)26-18-8-7-17-25(26)33(31)41/h1-22,28,30H. The Kier molecular flexibility index (Phi) is 5.22. The highest BCUT2D eigenvalue weighted by atomic mass is 32.2. The van der Waals surface area contributed by atoms with Gasteiger partial charge in [-0.3, -0.25) is 4.57 Å². The highest BCUT2D eigenvalue weighted by molar-refractivity contribution is 8.00. The fourth-order valence-electron chi connectivity index (χ4n) is 6.56. The number of nitrogens with zero attached hydrogens (tertiary/aromatic N) is 4. The summed E-state index contributed by atoms with van der Waals surface area (Å²) in [5.41, 5.74) is 5.58. The second-order valence-electron chi connectivity index (χ2n) is 10.8. The predicted octanol–water partition coefficient (Wildman–Crippen LogP) is 9.14. The van der Waals surface area contributed by atoms with Gasteiger partial charge in [0.05, 0.1) is 11.0 Å². The molecule has 2 aliphatic rings. The number of benzene rings is 5. The third-order valence-corrected chi connectivity index (χ3v) is 9.77. The Morgan fingerprint density at radius 2 is 1.17 bits per heavy atom. The maximum atomic E-state index is 5.16. The first-order valence-electron chi connectivity index (χ1n) is 14.2. The Hall–Kier alpha value is -5.00. The molecule has 0 amide bonds. The first-order chi connectivity index (χ1) is 20.8. The molecule has 2 unspecified atom stereocenters. The van der Waals surface area contributed by atoms with E-state index < -0.39 is 0 Å². The van der Waals surface area contributed by atoms with Crippen LogP contribution in [0.25, 0.3) is 61.3 Å². The molecule has 0 spiro atoms. The van der Waals surface area contributed by atoms with Crippen molar-refractivity contribution >= 4 is 44.3 Å². The molecule has 0 radical (unpaired) electrons. The van der Waals surface area contributed by atoms with Gasteiger partial charge >= 0.3 is 0 Å². The summed E-state index contributed by atoms with van der Waals surface area (Å²) in [6.45, 7) is 0. The molecule has 0 N–H and O–H groups in total. The van der Waals surface area contributed by atoms with E-state index in [-0.39, 0.29) is 0 Å². The van der Waals surface area contributed by atoms with Gasteiger partial charge in [0, 0.05) is 43.3 Å². The zero-order valence-corrected chi connectivity index (χ0v) is 23.4. The van der Waals surface area contributed by atoms with Gasteiger partial charge in [-0.05, 0) is 17.0 Å². The summed E-state index contributed by atoms with van der Waals surface area (Å²) >= 11 is 1.99. The van der Waals surface area contributed by atoms with Crippen LogP contribution in [0.5, 0.6) is 0 Å². The van der Waals surface area contributed by atoms with E-state index in [0.29, 0.717) is 28.8 Å². The number of rotatable bonds is 3. The number of hydrogen-bond acceptors (Lipinski definition) is 4. The van der Waals surface area contributed by atoms with Crippen LogP contribution < -0.4 is 0 Å². The zero-order chi connectivity index (χ0) is 27.6. The lowest BCUT2D eigenvalue weighted by Crippen LogP contribution is -2.08. The molecule has 5 aromatic carbocycles. The maximum absolute atomic E-state index is 5.16. The SMILES string of the molecule is C1=CC2Sc3c(c4c5ccccc5n(-c5nc(-c6ccccc6)nc(-c6ccccc6)n5)c4c4ccccc34)C2C=C1. The average Bonchev–Trinajstić information content (AvgIpc) is 3.62. The van der Waals surface area contributed by atoms with Crippen LogP contribution in [0.3, 0.4) is 0 Å². The van der Waals surface area contributed by atoms with Crippen LogP contribution in [0, 0.1) is 0 Å². The summed E-state index contributed by atoms with van der Waals surface area (Å²) in [4.78, 5) is 16.7. The summed E-state index contributed by atoms with van der Waals surface area (Å²) in [6.07, 6.45) is 9.10. The van der Waals surface area contributed by atoms with Crippen LogP contribution in [0.1, 0.15) is 11.5 Å². The molecular weight excluding hydrogens is 533 g/mol. The molecule has 0 fully saturated rings. The van der Waals surface area contributed by atoms with Gasteiger partial charge in [-0.1, -0.05) is 127 Å². The van der Waals surface area contributed by atoms with Crippen molar-refractivity contribution in [3.63, 3.8) is 0 Å². The van der Waals surface area contributed by atoms with Gasteiger partial charge in [-0.2, -0.15) is 9.97 Å². The first kappa shape index (κ1) is 23.7. The Bertz CT molecular complexity index is 2170. The molecule has 4 nitrogen and oxygen atoms in total. The van der Waals surface area contributed by atoms with Crippen molar-refractivity contribution in [3.05, 3.63) is 139 Å². The zero-order valence-electron chi connectivity index (χ0n) is 22.6. The molecule has 198 valence electrons. The van der Waals surface area contributed by atoms with Crippen LogP contribution in [0.4, 0.5) is 0 Å². The Morgan fingerprint density at radius 3 is 1.88 bits per heavy atom. The second-order valence-corrected chi connectivity index (χ2v) is 11.9. The Morgan fingerprint density at radius 1 is 0.571 bits per heavy atom. The fourth-order valence-corrected chi connectivity index (χ4v) is 8.04. The summed E-state index contributed by atoms with van der Waals surface area (Å²) in [5.74, 6) is 2.26. The second kappa shape index (κ2) is 9.26. The summed E-state index contributed by atoms with van der Waals surface area (Å²) < 4.78 is 2.27. The van der Waals surface area contributed by atoms with E-state index in [9.17, 15) is 0 Å². The first-order valence-corrected chi connectivity index (χ1v) is 15.1. The van der Waals surface area contributed by atoms with Gasteiger partial charge < -0.3 is 0 Å². The minimum atomic E-state index is 0.319. The quantitative estimate of drug-likeness (QED) is 0.218. The molecule has 0 saturated heterocycles. The predicted molar refractivity (Wildman–Crippen MR) is 173 cm³/mol. The topological polar surface area (TPSA) is 43.6 Å². The maximum Gasteiger partial charge on any atom is 0.238 e. The van der Waals surface area contributed by atoms with E-state index >= 15 is 0 Å². The molecule has 0 saturated carbocycles. The fraction of sp³-hybridized carbons (Fsp3) is 0.0541. The molecule has 42 heavy (non-hydrogen) atoms. The van der Waals surface area contributed by atoms with Gasteiger partial charge in [-0.25, -0.2) is 4.98 Å². The van der Waals surface area contributed by atoms with Crippen molar-refractivity contribution in [1.82, 2.24) is 19.5 Å². The number of thioether (sulfide) groups is 1. The Balaban J connectivity index is 1.44. The van der Waals surface area contributed by atoms with E-state index in [0.717, 1.165) is 22.2 Å². The van der Waals surface area contributed by atoms with Crippen molar-refractivity contribution < 1.29 is 0 Å². The molecule has 7 aromatic rings. The monoisotopic (exact) mass is 556 g/mol. The number of hydrogen-bond donors (Lipinski definition) is 0. The number of para-hydroxylation sites is 1. The van der Waals surface area contributed by atoms with Gasteiger partial charge in [0.15, 0.2) is 11.6 Å². The number of fused-ring (bicyclic) bond motifs is 10. The smallest absolute Gasteiger partial charge is 0.238 e.